The van der Waals surface area contributed by atoms with E-state index in [0.29, 0.717) is 22.9 Å². The van der Waals surface area contributed by atoms with Crippen molar-refractivity contribution in [2.24, 2.45) is 7.05 Å². The number of ether oxygens (including phenoxy) is 1. The zero-order valence-electron chi connectivity index (χ0n) is 10.6. The van der Waals surface area contributed by atoms with Crippen LogP contribution in [-0.2, 0) is 7.05 Å². The number of benzene rings is 1. The van der Waals surface area contributed by atoms with Crippen molar-refractivity contribution in [1.29, 1.82) is 0 Å². The summed E-state index contributed by atoms with van der Waals surface area (Å²) in [7, 11) is 5.20. The van der Waals surface area contributed by atoms with Gasteiger partial charge in [-0.05, 0) is 19.2 Å². The Morgan fingerprint density at radius 1 is 1.50 bits per heavy atom. The van der Waals surface area contributed by atoms with E-state index in [0.717, 1.165) is 10.9 Å². The van der Waals surface area contributed by atoms with Crippen LogP contribution in [0.15, 0.2) is 18.3 Å². The molecule has 0 aliphatic carbocycles. The van der Waals surface area contributed by atoms with Crippen LogP contribution in [0.4, 0.5) is 0 Å². The number of carbonyl (C=O) groups is 1. The summed E-state index contributed by atoms with van der Waals surface area (Å²) in [6, 6.07) is 3.62. The summed E-state index contributed by atoms with van der Waals surface area (Å²) < 4.78 is 7.08. The number of aryl methyl sites for hydroxylation is 1. The lowest BCUT2D eigenvalue weighted by Gasteiger charge is -2.04. The lowest BCUT2D eigenvalue weighted by atomic mass is 10.1. The number of rotatable bonds is 4. The van der Waals surface area contributed by atoms with Crippen LogP contribution in [0.5, 0.6) is 5.75 Å². The van der Waals surface area contributed by atoms with Crippen LogP contribution >= 0.6 is 11.6 Å². The molecule has 0 unspecified atom stereocenters. The highest BCUT2D eigenvalue weighted by Crippen LogP contribution is 2.32. The lowest BCUT2D eigenvalue weighted by molar-refractivity contribution is 0.0995. The number of nitrogens with one attached hydrogen (secondary N) is 1. The molecule has 2 aromatic rings. The van der Waals surface area contributed by atoms with Crippen molar-refractivity contribution in [3.63, 3.8) is 0 Å². The first-order chi connectivity index (χ1) is 8.58. The maximum absolute atomic E-state index is 12.0. The molecule has 5 heteroatoms. The first-order valence-corrected chi connectivity index (χ1v) is 5.96. The number of hydrogen-bond donors (Lipinski definition) is 1. The van der Waals surface area contributed by atoms with Crippen molar-refractivity contribution in [2.75, 3.05) is 20.7 Å². The first-order valence-electron chi connectivity index (χ1n) is 5.58. The van der Waals surface area contributed by atoms with Crippen LogP contribution in [0, 0.1) is 0 Å². The third-order valence-electron chi connectivity index (χ3n) is 2.90. The highest BCUT2D eigenvalue weighted by Gasteiger charge is 2.15. The molecule has 1 N–H and O–H groups in total. The molecule has 0 fully saturated rings. The van der Waals surface area contributed by atoms with E-state index in [1.165, 1.54) is 0 Å². The molecule has 18 heavy (non-hydrogen) atoms. The Morgan fingerprint density at radius 3 is 2.83 bits per heavy atom. The number of Topliss-reactive ketones (excluding diaryl/α,β-unsaturated/α-hetero) is 1. The summed E-state index contributed by atoms with van der Waals surface area (Å²) in [6.45, 7) is 0.310. The van der Waals surface area contributed by atoms with Gasteiger partial charge in [-0.3, -0.25) is 4.79 Å². The number of likely N-dealkylation sites (N-methyl/N-ethyl adjacent to an activating group) is 1. The molecule has 0 saturated heterocycles. The van der Waals surface area contributed by atoms with Gasteiger partial charge in [0, 0.05) is 24.2 Å². The summed E-state index contributed by atoms with van der Waals surface area (Å²) in [5.41, 5.74) is 1.59. The predicted molar refractivity (Wildman–Crippen MR) is 72.7 cm³/mol. The molecule has 0 spiro atoms. The minimum atomic E-state index is 0.0486. The smallest absolute Gasteiger partial charge is 0.178 e. The second kappa shape index (κ2) is 5.00. The Labute approximate surface area is 110 Å². The van der Waals surface area contributed by atoms with Gasteiger partial charge in [-0.1, -0.05) is 11.6 Å². The Balaban J connectivity index is 2.65. The fourth-order valence-corrected chi connectivity index (χ4v) is 2.25. The molecule has 0 radical (unpaired) electrons. The highest BCUT2D eigenvalue weighted by atomic mass is 35.5. The van der Waals surface area contributed by atoms with E-state index in [2.05, 4.69) is 5.32 Å². The average Bonchev–Trinajstić information content (AvgIpc) is 2.66. The molecule has 0 aliphatic rings. The number of hydrogen-bond acceptors (Lipinski definition) is 3. The topological polar surface area (TPSA) is 43.3 Å². The summed E-state index contributed by atoms with van der Waals surface area (Å²) in [5, 5.41) is 4.26. The molecule has 0 saturated carbocycles. The molecule has 2 rings (SSSR count). The largest absolute Gasteiger partial charge is 0.495 e. The van der Waals surface area contributed by atoms with Crippen molar-refractivity contribution >= 4 is 28.3 Å². The third-order valence-corrected chi connectivity index (χ3v) is 3.20. The number of nitrogens with zero attached hydrogens (tertiary/aromatic N) is 1. The number of aromatic nitrogens is 1. The summed E-state index contributed by atoms with van der Waals surface area (Å²) >= 11 is 6.09. The first kappa shape index (κ1) is 12.9. The Morgan fingerprint density at radius 2 is 2.22 bits per heavy atom. The third kappa shape index (κ3) is 2.09. The Kier molecular flexibility index (Phi) is 3.59. The predicted octanol–water partition coefficient (Wildman–Crippen LogP) is 2.24. The number of fused-ring (bicyclic) bond motifs is 1. The fraction of sp³-hybridized carbons (Fsp3) is 0.308. The van der Waals surface area contributed by atoms with Crippen LogP contribution in [0.25, 0.3) is 10.9 Å². The SMILES string of the molecule is CNCC(=O)c1cn(C)c2cc(Cl)c(OC)cc12. The van der Waals surface area contributed by atoms with Gasteiger partial charge in [0.1, 0.15) is 5.75 Å². The molecule has 0 bridgehead atoms. The second-order valence-electron chi connectivity index (χ2n) is 4.11. The monoisotopic (exact) mass is 266 g/mol. The molecule has 0 atom stereocenters. The Bertz CT molecular complexity index is 605. The number of halogens is 1. The van der Waals surface area contributed by atoms with Gasteiger partial charge in [0.05, 0.1) is 24.2 Å². The van der Waals surface area contributed by atoms with E-state index in [1.807, 2.05) is 23.9 Å². The van der Waals surface area contributed by atoms with E-state index in [4.69, 9.17) is 16.3 Å². The second-order valence-corrected chi connectivity index (χ2v) is 4.52. The van der Waals surface area contributed by atoms with Crippen LogP contribution in [0.3, 0.4) is 0 Å². The van der Waals surface area contributed by atoms with Crippen molar-refractivity contribution in [2.45, 2.75) is 0 Å². The summed E-state index contributed by atoms with van der Waals surface area (Å²) in [5.74, 6) is 0.626. The van der Waals surface area contributed by atoms with E-state index >= 15 is 0 Å². The van der Waals surface area contributed by atoms with Crippen LogP contribution in [0.2, 0.25) is 5.02 Å². The molecule has 1 heterocycles. The molecule has 0 aliphatic heterocycles. The van der Waals surface area contributed by atoms with E-state index in [1.54, 1.807) is 20.2 Å². The number of carbonyl (C=O) groups excluding carboxylic acids is 1. The van der Waals surface area contributed by atoms with Gasteiger partial charge in [0.25, 0.3) is 0 Å². The molecular weight excluding hydrogens is 252 g/mol. The van der Waals surface area contributed by atoms with Gasteiger partial charge >= 0.3 is 0 Å². The quantitative estimate of drug-likeness (QED) is 0.863. The van der Waals surface area contributed by atoms with Gasteiger partial charge in [-0.15, -0.1) is 0 Å². The van der Waals surface area contributed by atoms with Crippen LogP contribution in [-0.4, -0.2) is 31.1 Å². The molecule has 4 nitrogen and oxygen atoms in total. The highest BCUT2D eigenvalue weighted by molar-refractivity contribution is 6.33. The average molecular weight is 267 g/mol. The Hall–Kier alpha value is -1.52. The minimum absolute atomic E-state index is 0.0486. The number of methoxy groups -OCH3 is 1. The zero-order valence-corrected chi connectivity index (χ0v) is 11.3. The van der Waals surface area contributed by atoms with Crippen molar-refractivity contribution in [3.8, 4) is 5.75 Å². The summed E-state index contributed by atoms with van der Waals surface area (Å²) in [6.07, 6.45) is 1.82. The molecule has 96 valence electrons. The van der Waals surface area contributed by atoms with Crippen LogP contribution < -0.4 is 10.1 Å². The van der Waals surface area contributed by atoms with Gasteiger partial charge in [0.15, 0.2) is 5.78 Å². The molecule has 1 aromatic heterocycles. The van der Waals surface area contributed by atoms with Gasteiger partial charge in [-0.2, -0.15) is 0 Å². The molecular formula is C13H15ClN2O2. The minimum Gasteiger partial charge on any atom is -0.495 e. The van der Waals surface area contributed by atoms with Gasteiger partial charge in [0.2, 0.25) is 0 Å². The molecule has 1 aromatic carbocycles. The van der Waals surface area contributed by atoms with Crippen LogP contribution in [0.1, 0.15) is 10.4 Å². The standard InChI is InChI=1S/C13H15ClN2O2/c1-15-6-12(17)9-7-16(2)11-5-10(14)13(18-3)4-8(9)11/h4-5,7,15H,6H2,1-3H3. The van der Waals surface area contributed by atoms with E-state index < -0.39 is 0 Å². The van der Waals surface area contributed by atoms with Gasteiger partial charge in [-0.25, -0.2) is 0 Å². The maximum Gasteiger partial charge on any atom is 0.178 e. The zero-order chi connectivity index (χ0) is 13.3. The van der Waals surface area contributed by atoms with Crippen molar-refractivity contribution in [3.05, 3.63) is 28.9 Å². The van der Waals surface area contributed by atoms with Crippen molar-refractivity contribution in [1.82, 2.24) is 9.88 Å². The van der Waals surface area contributed by atoms with E-state index in [9.17, 15) is 4.79 Å². The van der Waals surface area contributed by atoms with E-state index in [-0.39, 0.29) is 5.78 Å². The number of ketones is 1. The summed E-state index contributed by atoms with van der Waals surface area (Å²) in [4.78, 5) is 12.0. The molecule has 0 amide bonds. The maximum atomic E-state index is 12.0. The normalized spacial score (nSPS) is 10.9. The van der Waals surface area contributed by atoms with Crippen molar-refractivity contribution < 1.29 is 9.53 Å². The lowest BCUT2D eigenvalue weighted by Crippen LogP contribution is -2.18. The van der Waals surface area contributed by atoms with Gasteiger partial charge < -0.3 is 14.6 Å². The fourth-order valence-electron chi connectivity index (χ4n) is 2.02.